The van der Waals surface area contributed by atoms with Crippen LogP contribution in [0.15, 0.2) is 21.7 Å². The van der Waals surface area contributed by atoms with Gasteiger partial charge in [-0.1, -0.05) is 0 Å². The van der Waals surface area contributed by atoms with Crippen LogP contribution in [0.2, 0.25) is 0 Å². The number of nitrogens with zero attached hydrogens (tertiary/aromatic N) is 2. The average Bonchev–Trinajstić information content (AvgIpc) is 2.86. The molecule has 3 N–H and O–H groups in total. The summed E-state index contributed by atoms with van der Waals surface area (Å²) in [7, 11) is 0. The molecule has 112 valence electrons. The fourth-order valence-electron chi connectivity index (χ4n) is 1.81. The molecular weight excluding hydrogens is 256 g/mol. The maximum absolute atomic E-state index is 11.8. The number of amides is 1. The topological polar surface area (TPSA) is 83.9 Å². The smallest absolute Gasteiger partial charge is 0.287 e. The fourth-order valence-corrected chi connectivity index (χ4v) is 1.81. The highest BCUT2D eigenvalue weighted by molar-refractivity contribution is 5.92. The second-order valence-corrected chi connectivity index (χ2v) is 4.45. The van der Waals surface area contributed by atoms with E-state index in [4.69, 9.17) is 10.2 Å². The first-order valence-electron chi connectivity index (χ1n) is 6.97. The summed E-state index contributed by atoms with van der Waals surface area (Å²) >= 11 is 0. The van der Waals surface area contributed by atoms with Crippen LogP contribution in [0.4, 0.5) is 0 Å². The molecule has 1 rings (SSSR count). The number of aryl methyl sites for hydroxylation is 1. The van der Waals surface area contributed by atoms with Crippen molar-refractivity contribution in [2.45, 2.75) is 27.2 Å². The molecule has 0 aliphatic rings. The number of hydrogen-bond acceptors (Lipinski definition) is 3. The lowest BCUT2D eigenvalue weighted by atomic mass is 10.2. The highest BCUT2D eigenvalue weighted by Crippen LogP contribution is 2.07. The van der Waals surface area contributed by atoms with Gasteiger partial charge in [0.2, 0.25) is 0 Å². The molecule has 0 atom stereocenters. The largest absolute Gasteiger partial charge is 0.459 e. The lowest BCUT2D eigenvalue weighted by Crippen LogP contribution is -2.37. The number of rotatable bonds is 7. The van der Waals surface area contributed by atoms with Crippen molar-refractivity contribution in [1.82, 2.24) is 10.2 Å². The number of hydrogen-bond donors (Lipinski definition) is 2. The van der Waals surface area contributed by atoms with Crippen molar-refractivity contribution in [2.75, 3.05) is 26.2 Å². The molecule has 0 aromatic carbocycles. The summed E-state index contributed by atoms with van der Waals surface area (Å²) < 4.78 is 5.12. The van der Waals surface area contributed by atoms with Crippen molar-refractivity contribution in [3.63, 3.8) is 0 Å². The van der Waals surface area contributed by atoms with E-state index in [0.29, 0.717) is 24.8 Å². The normalized spacial score (nSPS) is 11.4. The second kappa shape index (κ2) is 8.24. The highest BCUT2D eigenvalue weighted by atomic mass is 16.3. The molecule has 1 aromatic rings. The standard InChI is InChI=1S/C14H24N4O2/c1-4-18(5-2)14(15)17-9-6-8-16-13(19)12-11(3)7-10-20-12/h7,10H,4-6,8-9H2,1-3H3,(H2,15,17)(H,16,19). The van der Waals surface area contributed by atoms with Gasteiger partial charge in [0.05, 0.1) is 6.26 Å². The molecule has 1 aromatic heterocycles. The molecule has 0 bridgehead atoms. The summed E-state index contributed by atoms with van der Waals surface area (Å²) in [6.45, 7) is 8.76. The van der Waals surface area contributed by atoms with Gasteiger partial charge in [-0.15, -0.1) is 0 Å². The van der Waals surface area contributed by atoms with Crippen molar-refractivity contribution < 1.29 is 9.21 Å². The van der Waals surface area contributed by atoms with Crippen molar-refractivity contribution in [3.05, 3.63) is 23.7 Å². The summed E-state index contributed by atoms with van der Waals surface area (Å²) in [6, 6.07) is 1.77. The molecular formula is C14H24N4O2. The number of nitrogens with two attached hydrogens (primary N) is 1. The van der Waals surface area contributed by atoms with Crippen molar-refractivity contribution in [3.8, 4) is 0 Å². The third-order valence-corrected chi connectivity index (χ3v) is 3.05. The Hall–Kier alpha value is -1.98. The lowest BCUT2D eigenvalue weighted by molar-refractivity contribution is 0.0925. The van der Waals surface area contributed by atoms with Crippen LogP contribution >= 0.6 is 0 Å². The van der Waals surface area contributed by atoms with Gasteiger partial charge in [0.25, 0.3) is 5.91 Å². The van der Waals surface area contributed by atoms with Gasteiger partial charge in [0, 0.05) is 31.7 Å². The predicted molar refractivity (Wildman–Crippen MR) is 79.8 cm³/mol. The van der Waals surface area contributed by atoms with E-state index < -0.39 is 0 Å². The molecule has 0 radical (unpaired) electrons. The SMILES string of the molecule is CCN(CC)C(N)=NCCCNC(=O)c1occc1C. The molecule has 6 heteroatoms. The van der Waals surface area contributed by atoms with Crippen LogP contribution in [-0.2, 0) is 0 Å². The van der Waals surface area contributed by atoms with Gasteiger partial charge in [0.1, 0.15) is 0 Å². The Morgan fingerprint density at radius 1 is 1.45 bits per heavy atom. The number of carbonyl (C=O) groups excluding carboxylic acids is 1. The Balaban J connectivity index is 2.27. The van der Waals surface area contributed by atoms with E-state index in [1.807, 2.05) is 25.7 Å². The van der Waals surface area contributed by atoms with E-state index in [2.05, 4.69) is 10.3 Å². The maximum atomic E-state index is 11.8. The highest BCUT2D eigenvalue weighted by Gasteiger charge is 2.11. The molecule has 0 spiro atoms. The number of furan rings is 1. The van der Waals surface area contributed by atoms with E-state index in [0.717, 1.165) is 25.1 Å². The molecule has 0 saturated heterocycles. The van der Waals surface area contributed by atoms with Crippen LogP contribution in [0.3, 0.4) is 0 Å². The number of carbonyl (C=O) groups is 1. The molecule has 0 saturated carbocycles. The summed E-state index contributed by atoms with van der Waals surface area (Å²) in [5, 5.41) is 2.80. The molecule has 0 aliphatic carbocycles. The minimum Gasteiger partial charge on any atom is -0.459 e. The van der Waals surface area contributed by atoms with E-state index >= 15 is 0 Å². The predicted octanol–water partition coefficient (Wildman–Crippen LogP) is 1.36. The molecule has 6 nitrogen and oxygen atoms in total. The molecule has 0 fully saturated rings. The van der Waals surface area contributed by atoms with E-state index in [-0.39, 0.29) is 5.91 Å². The van der Waals surface area contributed by atoms with Crippen LogP contribution in [0.1, 0.15) is 36.4 Å². The van der Waals surface area contributed by atoms with Crippen LogP contribution in [0, 0.1) is 6.92 Å². The minimum atomic E-state index is -0.187. The van der Waals surface area contributed by atoms with Gasteiger partial charge < -0.3 is 20.4 Å². The first-order valence-corrected chi connectivity index (χ1v) is 6.97. The van der Waals surface area contributed by atoms with Gasteiger partial charge in [-0.05, 0) is 33.3 Å². The minimum absolute atomic E-state index is 0.187. The summed E-state index contributed by atoms with van der Waals surface area (Å²) in [5.41, 5.74) is 6.69. The van der Waals surface area contributed by atoms with Crippen LogP contribution in [0.5, 0.6) is 0 Å². The van der Waals surface area contributed by atoms with Gasteiger partial charge in [-0.25, -0.2) is 0 Å². The summed E-state index contributed by atoms with van der Waals surface area (Å²) in [6.07, 6.45) is 2.26. The van der Waals surface area contributed by atoms with E-state index in [1.165, 1.54) is 6.26 Å². The number of nitrogens with one attached hydrogen (secondary N) is 1. The molecule has 0 aliphatic heterocycles. The Bertz CT molecular complexity index is 450. The average molecular weight is 280 g/mol. The van der Waals surface area contributed by atoms with Gasteiger partial charge in [-0.2, -0.15) is 0 Å². The van der Waals surface area contributed by atoms with Crippen molar-refractivity contribution >= 4 is 11.9 Å². The van der Waals surface area contributed by atoms with E-state index in [9.17, 15) is 4.79 Å². The van der Waals surface area contributed by atoms with Crippen LogP contribution in [0.25, 0.3) is 0 Å². The second-order valence-electron chi connectivity index (χ2n) is 4.45. The first kappa shape index (κ1) is 16.1. The van der Waals surface area contributed by atoms with E-state index in [1.54, 1.807) is 6.07 Å². The Labute approximate surface area is 120 Å². The zero-order valence-electron chi connectivity index (χ0n) is 12.5. The fraction of sp³-hybridized carbons (Fsp3) is 0.571. The van der Waals surface area contributed by atoms with Gasteiger partial charge in [-0.3, -0.25) is 9.79 Å². The third-order valence-electron chi connectivity index (χ3n) is 3.05. The Kier molecular flexibility index (Phi) is 6.63. The maximum Gasteiger partial charge on any atom is 0.287 e. The Morgan fingerprint density at radius 3 is 2.70 bits per heavy atom. The molecule has 1 heterocycles. The lowest BCUT2D eigenvalue weighted by Gasteiger charge is -2.19. The van der Waals surface area contributed by atoms with Crippen molar-refractivity contribution in [1.29, 1.82) is 0 Å². The quantitative estimate of drug-likeness (QED) is 0.449. The van der Waals surface area contributed by atoms with Crippen molar-refractivity contribution in [2.24, 2.45) is 10.7 Å². The zero-order chi connectivity index (χ0) is 15.0. The number of guanidine groups is 1. The van der Waals surface area contributed by atoms with Gasteiger partial charge >= 0.3 is 0 Å². The zero-order valence-corrected chi connectivity index (χ0v) is 12.5. The Morgan fingerprint density at radius 2 is 2.15 bits per heavy atom. The monoisotopic (exact) mass is 280 g/mol. The summed E-state index contributed by atoms with van der Waals surface area (Å²) in [4.78, 5) is 18.0. The van der Waals surface area contributed by atoms with Gasteiger partial charge in [0.15, 0.2) is 11.7 Å². The van der Waals surface area contributed by atoms with Crippen LogP contribution < -0.4 is 11.1 Å². The van der Waals surface area contributed by atoms with Crippen LogP contribution in [-0.4, -0.2) is 42.9 Å². The first-order chi connectivity index (χ1) is 9.60. The summed E-state index contributed by atoms with van der Waals surface area (Å²) in [5.74, 6) is 0.743. The molecule has 20 heavy (non-hydrogen) atoms. The third kappa shape index (κ3) is 4.60. The number of aliphatic imine (C=N–C) groups is 1. The molecule has 0 unspecified atom stereocenters. The molecule has 1 amide bonds.